The molecule has 0 aliphatic carbocycles. The van der Waals surface area contributed by atoms with Gasteiger partial charge in [0.2, 0.25) is 0 Å². The number of ether oxygens (including phenoxy) is 1. The van der Waals surface area contributed by atoms with Crippen molar-refractivity contribution in [1.82, 2.24) is 9.55 Å². The molecule has 0 spiro atoms. The molecular weight excluding hydrogens is 245 g/mol. The lowest BCUT2D eigenvalue weighted by Crippen LogP contribution is -2.36. The summed E-state index contributed by atoms with van der Waals surface area (Å²) in [7, 11) is 0. The number of hydrogen-bond donors (Lipinski definition) is 3. The molecule has 0 saturated carbocycles. The van der Waals surface area contributed by atoms with Crippen molar-refractivity contribution in [2.24, 2.45) is 0 Å². The number of halogens is 1. The van der Waals surface area contributed by atoms with E-state index in [1.807, 2.05) is 0 Å². The summed E-state index contributed by atoms with van der Waals surface area (Å²) in [6, 6.07) is 1.32. The van der Waals surface area contributed by atoms with Gasteiger partial charge in [-0.25, -0.2) is 9.18 Å². The Morgan fingerprint density at radius 1 is 1.67 bits per heavy atom. The molecule has 1 aromatic rings. The van der Waals surface area contributed by atoms with Crippen LogP contribution in [0.4, 0.5) is 10.2 Å². The van der Waals surface area contributed by atoms with Crippen LogP contribution in [0, 0.1) is 0 Å². The molecule has 2 rings (SSSR count). The lowest BCUT2D eigenvalue weighted by atomic mass is 10.1. The molecule has 1 aromatic heterocycles. The summed E-state index contributed by atoms with van der Waals surface area (Å²) in [6.45, 7) is 1.37. The molecule has 0 amide bonds. The second kappa shape index (κ2) is 4.63. The molecule has 1 saturated heterocycles. The third-order valence-electron chi connectivity index (χ3n) is 2.83. The molecule has 0 bridgehead atoms. The standard InChI is InChI=1S/C10H14FN3O4/c1-4(15)8-7(16)6(11)9(18-8)14-3-2-5(12)13-10(14)17/h2-4,6-9,15-16H,1H3,(H2,12,13,17)/t4-,6+,7?,8?,9-/m1/s1. The Hall–Kier alpha value is -1.51. The van der Waals surface area contributed by atoms with Crippen molar-refractivity contribution in [1.29, 1.82) is 0 Å². The number of nitrogen functional groups attached to an aromatic ring is 1. The Labute approximate surface area is 102 Å². The van der Waals surface area contributed by atoms with Gasteiger partial charge in [-0.15, -0.1) is 0 Å². The van der Waals surface area contributed by atoms with Crippen molar-refractivity contribution in [2.75, 3.05) is 5.73 Å². The van der Waals surface area contributed by atoms with Gasteiger partial charge in [0.15, 0.2) is 12.4 Å². The van der Waals surface area contributed by atoms with Crippen molar-refractivity contribution in [3.8, 4) is 0 Å². The molecule has 1 fully saturated rings. The summed E-state index contributed by atoms with van der Waals surface area (Å²) in [4.78, 5) is 15.0. The van der Waals surface area contributed by atoms with E-state index in [0.717, 1.165) is 4.57 Å². The van der Waals surface area contributed by atoms with Gasteiger partial charge in [0.1, 0.15) is 18.0 Å². The zero-order chi connectivity index (χ0) is 13.4. The van der Waals surface area contributed by atoms with Crippen molar-refractivity contribution >= 4 is 5.82 Å². The van der Waals surface area contributed by atoms with Crippen LogP contribution in [0.5, 0.6) is 0 Å². The van der Waals surface area contributed by atoms with E-state index in [9.17, 15) is 19.4 Å². The maximum absolute atomic E-state index is 13.9. The van der Waals surface area contributed by atoms with Gasteiger partial charge in [-0.1, -0.05) is 0 Å². The number of anilines is 1. The highest BCUT2D eigenvalue weighted by Gasteiger charge is 2.47. The molecule has 4 N–H and O–H groups in total. The molecule has 0 radical (unpaired) electrons. The molecule has 18 heavy (non-hydrogen) atoms. The number of aliphatic hydroxyl groups excluding tert-OH is 2. The van der Waals surface area contributed by atoms with Crippen LogP contribution in [-0.4, -0.2) is 44.2 Å². The van der Waals surface area contributed by atoms with Crippen LogP contribution in [-0.2, 0) is 4.74 Å². The quantitative estimate of drug-likeness (QED) is 0.615. The summed E-state index contributed by atoms with van der Waals surface area (Å²) in [5, 5.41) is 18.9. The fraction of sp³-hybridized carbons (Fsp3) is 0.600. The number of nitrogens with zero attached hydrogens (tertiary/aromatic N) is 2. The molecule has 8 heteroatoms. The van der Waals surface area contributed by atoms with Gasteiger partial charge >= 0.3 is 5.69 Å². The summed E-state index contributed by atoms with van der Waals surface area (Å²) in [5.41, 5.74) is 4.54. The fourth-order valence-corrected chi connectivity index (χ4v) is 1.90. The molecule has 0 aromatic carbocycles. The van der Waals surface area contributed by atoms with Crippen molar-refractivity contribution < 1.29 is 19.3 Å². The monoisotopic (exact) mass is 259 g/mol. The Morgan fingerprint density at radius 3 is 2.83 bits per heavy atom. The second-order valence-electron chi connectivity index (χ2n) is 4.21. The zero-order valence-electron chi connectivity index (χ0n) is 9.60. The molecular formula is C10H14FN3O4. The number of aliphatic hydroxyl groups is 2. The van der Waals surface area contributed by atoms with E-state index in [-0.39, 0.29) is 5.82 Å². The van der Waals surface area contributed by atoms with Crippen LogP contribution in [0.1, 0.15) is 13.2 Å². The average Bonchev–Trinajstić information content (AvgIpc) is 2.57. The van der Waals surface area contributed by atoms with E-state index in [1.54, 1.807) is 0 Å². The highest BCUT2D eigenvalue weighted by atomic mass is 19.1. The van der Waals surface area contributed by atoms with Crippen LogP contribution in [0.15, 0.2) is 17.1 Å². The van der Waals surface area contributed by atoms with E-state index in [1.165, 1.54) is 19.2 Å². The van der Waals surface area contributed by atoms with Crippen molar-refractivity contribution in [3.05, 3.63) is 22.7 Å². The number of alkyl halides is 1. The number of nitrogens with two attached hydrogens (primary N) is 1. The first kappa shape index (κ1) is 12.9. The van der Waals surface area contributed by atoms with Gasteiger partial charge in [0.25, 0.3) is 0 Å². The van der Waals surface area contributed by atoms with Crippen LogP contribution in [0.2, 0.25) is 0 Å². The predicted octanol–water partition coefficient (Wildman–Crippen LogP) is -1.20. The maximum Gasteiger partial charge on any atom is 0.351 e. The first-order valence-corrected chi connectivity index (χ1v) is 5.42. The fourth-order valence-electron chi connectivity index (χ4n) is 1.90. The molecule has 2 heterocycles. The van der Waals surface area contributed by atoms with Crippen LogP contribution >= 0.6 is 0 Å². The van der Waals surface area contributed by atoms with Crippen molar-refractivity contribution in [2.45, 2.75) is 37.6 Å². The lowest BCUT2D eigenvalue weighted by molar-refractivity contribution is -0.0783. The largest absolute Gasteiger partial charge is 0.391 e. The minimum atomic E-state index is -1.83. The Kier molecular flexibility index (Phi) is 3.33. The third-order valence-corrected chi connectivity index (χ3v) is 2.83. The minimum absolute atomic E-state index is 0.0114. The normalized spacial score (nSPS) is 33.6. The number of rotatable bonds is 2. The molecule has 7 nitrogen and oxygen atoms in total. The zero-order valence-corrected chi connectivity index (χ0v) is 9.60. The summed E-state index contributed by atoms with van der Waals surface area (Å²) < 4.78 is 19.9. The molecule has 1 aliphatic rings. The topological polar surface area (TPSA) is 111 Å². The average molecular weight is 259 g/mol. The van der Waals surface area contributed by atoms with E-state index < -0.39 is 36.4 Å². The lowest BCUT2D eigenvalue weighted by Gasteiger charge is -2.17. The Bertz CT molecular complexity index is 492. The highest BCUT2D eigenvalue weighted by molar-refractivity contribution is 5.23. The van der Waals surface area contributed by atoms with Crippen LogP contribution < -0.4 is 11.4 Å². The predicted molar refractivity (Wildman–Crippen MR) is 59.4 cm³/mol. The van der Waals surface area contributed by atoms with Gasteiger partial charge in [-0.2, -0.15) is 4.98 Å². The van der Waals surface area contributed by atoms with E-state index in [4.69, 9.17) is 10.5 Å². The van der Waals surface area contributed by atoms with E-state index in [0.29, 0.717) is 0 Å². The SMILES string of the molecule is C[C@@H](O)C1O[C@@H](n2ccc(N)nc2=O)[C@@H](F)C1O. The third kappa shape index (κ3) is 2.09. The summed E-state index contributed by atoms with van der Waals surface area (Å²) in [6.07, 6.45) is -5.55. The number of aromatic nitrogens is 2. The number of hydrogen-bond acceptors (Lipinski definition) is 6. The Balaban J connectivity index is 2.32. The van der Waals surface area contributed by atoms with Crippen molar-refractivity contribution in [3.63, 3.8) is 0 Å². The molecule has 1 aliphatic heterocycles. The smallest absolute Gasteiger partial charge is 0.351 e. The maximum atomic E-state index is 13.9. The molecule has 100 valence electrons. The van der Waals surface area contributed by atoms with Gasteiger partial charge in [0, 0.05) is 6.20 Å². The summed E-state index contributed by atoms with van der Waals surface area (Å²) >= 11 is 0. The van der Waals surface area contributed by atoms with Gasteiger partial charge in [-0.3, -0.25) is 4.57 Å². The van der Waals surface area contributed by atoms with Crippen LogP contribution in [0.25, 0.3) is 0 Å². The molecule has 2 unspecified atom stereocenters. The first-order valence-electron chi connectivity index (χ1n) is 5.42. The molecule has 5 atom stereocenters. The van der Waals surface area contributed by atoms with Gasteiger partial charge in [0.05, 0.1) is 6.10 Å². The minimum Gasteiger partial charge on any atom is -0.391 e. The first-order chi connectivity index (χ1) is 8.41. The van der Waals surface area contributed by atoms with E-state index >= 15 is 0 Å². The Morgan fingerprint density at radius 2 is 2.33 bits per heavy atom. The summed E-state index contributed by atoms with van der Waals surface area (Å²) in [5.74, 6) is 0.0114. The van der Waals surface area contributed by atoms with Gasteiger partial charge < -0.3 is 20.7 Å². The van der Waals surface area contributed by atoms with E-state index in [2.05, 4.69) is 4.98 Å². The highest BCUT2D eigenvalue weighted by Crippen LogP contribution is 2.32. The van der Waals surface area contributed by atoms with Crippen LogP contribution in [0.3, 0.4) is 0 Å². The van der Waals surface area contributed by atoms with Gasteiger partial charge in [-0.05, 0) is 13.0 Å². The second-order valence-corrected chi connectivity index (χ2v) is 4.21.